The molecule has 1 atom stereocenters. The monoisotopic (exact) mass is 211 g/mol. The van der Waals surface area contributed by atoms with Gasteiger partial charge in [-0.15, -0.1) is 0 Å². The lowest BCUT2D eigenvalue weighted by atomic mass is 9.97. The van der Waals surface area contributed by atoms with E-state index in [0.29, 0.717) is 12.3 Å². The number of alkyl halides is 1. The van der Waals surface area contributed by atoms with Gasteiger partial charge in [0.15, 0.2) is 0 Å². The number of aliphatic imine (C=N–C) groups is 1. The smallest absolute Gasteiger partial charge is 0.105 e. The summed E-state index contributed by atoms with van der Waals surface area (Å²) >= 11 is 0. The molecule has 0 aromatic rings. The molecule has 15 heavy (non-hydrogen) atoms. The lowest BCUT2D eigenvalue weighted by Crippen LogP contribution is -2.12. The van der Waals surface area contributed by atoms with Gasteiger partial charge in [0.2, 0.25) is 0 Å². The van der Waals surface area contributed by atoms with Crippen molar-refractivity contribution in [2.24, 2.45) is 10.9 Å². The van der Waals surface area contributed by atoms with Crippen molar-refractivity contribution in [2.45, 2.75) is 46.2 Å². The standard InChI is InChI=1S/C13H22FN/c1-11(8-9-13(3,4)14)6-7-12(2)10-15-5/h6-7,10-11H,5,8-9H2,1-4H3/b7-6-,12-10-. The van der Waals surface area contributed by atoms with Crippen LogP contribution < -0.4 is 0 Å². The maximum absolute atomic E-state index is 13.2. The molecule has 0 aliphatic heterocycles. The number of allylic oxidation sites excluding steroid dienone is 3. The quantitative estimate of drug-likeness (QED) is 0.458. The van der Waals surface area contributed by atoms with Crippen LogP contribution in [0.25, 0.3) is 0 Å². The highest BCUT2D eigenvalue weighted by Gasteiger charge is 2.15. The Morgan fingerprint density at radius 3 is 2.60 bits per heavy atom. The summed E-state index contributed by atoms with van der Waals surface area (Å²) in [6.07, 6.45) is 7.27. The van der Waals surface area contributed by atoms with Crippen LogP contribution >= 0.6 is 0 Å². The van der Waals surface area contributed by atoms with Gasteiger partial charge in [0, 0.05) is 6.20 Å². The van der Waals surface area contributed by atoms with Gasteiger partial charge in [0.05, 0.1) is 0 Å². The summed E-state index contributed by atoms with van der Waals surface area (Å²) in [4.78, 5) is 3.68. The number of halogens is 1. The summed E-state index contributed by atoms with van der Waals surface area (Å²) < 4.78 is 13.2. The first kappa shape index (κ1) is 14.1. The van der Waals surface area contributed by atoms with Gasteiger partial charge in [-0.05, 0) is 51.8 Å². The van der Waals surface area contributed by atoms with Crippen LogP contribution in [0, 0.1) is 5.92 Å². The predicted octanol–water partition coefficient (Wildman–Crippen LogP) is 4.31. The second-order valence-corrected chi connectivity index (χ2v) is 4.65. The van der Waals surface area contributed by atoms with Crippen LogP contribution in [0.4, 0.5) is 4.39 Å². The molecule has 0 fully saturated rings. The van der Waals surface area contributed by atoms with Gasteiger partial charge in [-0.25, -0.2) is 4.39 Å². The van der Waals surface area contributed by atoms with E-state index in [1.165, 1.54) is 0 Å². The molecule has 0 amide bonds. The number of hydrogen-bond donors (Lipinski definition) is 0. The maximum atomic E-state index is 13.2. The summed E-state index contributed by atoms with van der Waals surface area (Å²) in [5.74, 6) is 0.396. The van der Waals surface area contributed by atoms with Gasteiger partial charge in [0.25, 0.3) is 0 Å². The lowest BCUT2D eigenvalue weighted by molar-refractivity contribution is 0.191. The molecule has 0 saturated carbocycles. The first-order valence-electron chi connectivity index (χ1n) is 5.35. The fourth-order valence-corrected chi connectivity index (χ4v) is 1.17. The molecule has 1 unspecified atom stereocenters. The number of hydrogen-bond acceptors (Lipinski definition) is 1. The Labute approximate surface area is 92.8 Å². The van der Waals surface area contributed by atoms with E-state index in [-0.39, 0.29) is 0 Å². The fraction of sp³-hybridized carbons (Fsp3) is 0.615. The third kappa shape index (κ3) is 9.39. The molecule has 86 valence electrons. The van der Waals surface area contributed by atoms with Crippen molar-refractivity contribution >= 4 is 6.72 Å². The minimum absolute atomic E-state index is 0.396. The normalized spacial score (nSPS) is 15.7. The topological polar surface area (TPSA) is 12.4 Å². The number of nitrogens with zero attached hydrogens (tertiary/aromatic N) is 1. The Balaban J connectivity index is 3.98. The molecule has 1 nitrogen and oxygen atoms in total. The molecule has 0 aromatic heterocycles. The maximum Gasteiger partial charge on any atom is 0.105 e. The summed E-state index contributed by atoms with van der Waals surface area (Å²) in [6, 6.07) is 0. The predicted molar refractivity (Wildman–Crippen MR) is 66.0 cm³/mol. The third-order valence-corrected chi connectivity index (χ3v) is 2.18. The zero-order chi connectivity index (χ0) is 11.9. The Morgan fingerprint density at radius 2 is 2.13 bits per heavy atom. The van der Waals surface area contributed by atoms with E-state index in [0.717, 1.165) is 12.0 Å². The minimum Gasteiger partial charge on any atom is -0.272 e. The zero-order valence-corrected chi connectivity index (χ0v) is 10.3. The molecule has 0 spiro atoms. The van der Waals surface area contributed by atoms with Crippen LogP contribution in [-0.2, 0) is 0 Å². The molecule has 2 heteroatoms. The second kappa shape index (κ2) is 6.54. The van der Waals surface area contributed by atoms with Crippen molar-refractivity contribution in [3.05, 3.63) is 23.9 Å². The van der Waals surface area contributed by atoms with E-state index < -0.39 is 5.67 Å². The highest BCUT2D eigenvalue weighted by atomic mass is 19.1. The molecular formula is C13H22FN. The van der Waals surface area contributed by atoms with Crippen LogP contribution in [0.15, 0.2) is 28.9 Å². The molecule has 0 aliphatic carbocycles. The van der Waals surface area contributed by atoms with Crippen LogP contribution in [-0.4, -0.2) is 12.4 Å². The van der Waals surface area contributed by atoms with Crippen LogP contribution in [0.2, 0.25) is 0 Å². The summed E-state index contributed by atoms with van der Waals surface area (Å²) in [5, 5.41) is 0. The molecule has 0 radical (unpaired) electrons. The van der Waals surface area contributed by atoms with Crippen molar-refractivity contribution in [1.82, 2.24) is 0 Å². The van der Waals surface area contributed by atoms with E-state index in [9.17, 15) is 4.39 Å². The van der Waals surface area contributed by atoms with Gasteiger partial charge < -0.3 is 0 Å². The average Bonchev–Trinajstić information content (AvgIpc) is 2.11. The van der Waals surface area contributed by atoms with Gasteiger partial charge in [0.1, 0.15) is 5.67 Å². The largest absolute Gasteiger partial charge is 0.272 e. The first-order valence-corrected chi connectivity index (χ1v) is 5.35. The van der Waals surface area contributed by atoms with Crippen molar-refractivity contribution in [3.8, 4) is 0 Å². The Bertz CT molecular complexity index is 246. The Morgan fingerprint density at radius 1 is 1.53 bits per heavy atom. The molecule has 0 saturated heterocycles. The highest BCUT2D eigenvalue weighted by Crippen LogP contribution is 2.20. The van der Waals surface area contributed by atoms with E-state index in [1.54, 1.807) is 20.0 Å². The summed E-state index contributed by atoms with van der Waals surface area (Å²) in [7, 11) is 0. The van der Waals surface area contributed by atoms with Gasteiger partial charge >= 0.3 is 0 Å². The molecule has 0 heterocycles. The van der Waals surface area contributed by atoms with Crippen molar-refractivity contribution in [3.63, 3.8) is 0 Å². The first-order chi connectivity index (χ1) is 6.85. The molecule has 0 aliphatic rings. The minimum atomic E-state index is -1.06. The van der Waals surface area contributed by atoms with E-state index >= 15 is 0 Å². The van der Waals surface area contributed by atoms with E-state index in [4.69, 9.17) is 0 Å². The van der Waals surface area contributed by atoms with Crippen molar-refractivity contribution in [2.75, 3.05) is 0 Å². The van der Waals surface area contributed by atoms with Gasteiger partial charge in [-0.1, -0.05) is 19.1 Å². The van der Waals surface area contributed by atoms with E-state index in [1.807, 2.05) is 13.0 Å². The van der Waals surface area contributed by atoms with Crippen LogP contribution in [0.1, 0.15) is 40.5 Å². The van der Waals surface area contributed by atoms with Crippen molar-refractivity contribution in [1.29, 1.82) is 0 Å². The molecule has 0 aromatic carbocycles. The van der Waals surface area contributed by atoms with Crippen molar-refractivity contribution < 1.29 is 4.39 Å². The molecular weight excluding hydrogens is 189 g/mol. The van der Waals surface area contributed by atoms with Crippen LogP contribution in [0.5, 0.6) is 0 Å². The summed E-state index contributed by atoms with van der Waals surface area (Å²) in [5.41, 5.74) is 0.00621. The highest BCUT2D eigenvalue weighted by molar-refractivity contribution is 5.28. The zero-order valence-electron chi connectivity index (χ0n) is 10.3. The van der Waals surface area contributed by atoms with Crippen LogP contribution in [0.3, 0.4) is 0 Å². The third-order valence-electron chi connectivity index (χ3n) is 2.18. The molecule has 0 bridgehead atoms. The SMILES string of the molecule is C=N/C=C(C)\C=C/C(C)CCC(C)(C)F. The Hall–Kier alpha value is -0.920. The average molecular weight is 211 g/mol. The number of rotatable bonds is 6. The molecule has 0 N–H and O–H groups in total. The Kier molecular flexibility index (Phi) is 6.14. The van der Waals surface area contributed by atoms with Gasteiger partial charge in [-0.3, -0.25) is 4.99 Å². The summed E-state index contributed by atoms with van der Waals surface area (Å²) in [6.45, 7) is 10.7. The fourth-order valence-electron chi connectivity index (χ4n) is 1.17. The van der Waals surface area contributed by atoms with E-state index in [2.05, 4.69) is 24.7 Å². The second-order valence-electron chi connectivity index (χ2n) is 4.65. The van der Waals surface area contributed by atoms with Gasteiger partial charge in [-0.2, -0.15) is 0 Å². The molecule has 0 rings (SSSR count). The lowest BCUT2D eigenvalue weighted by Gasteiger charge is -2.15.